The molecule has 0 saturated carbocycles. The maximum atomic E-state index is 12.7. The minimum atomic E-state index is -0.206. The Morgan fingerprint density at radius 3 is 2.29 bits per heavy atom. The minimum absolute atomic E-state index is 0.0686. The zero-order valence-corrected chi connectivity index (χ0v) is 16.5. The van der Waals surface area contributed by atoms with E-state index in [0.717, 1.165) is 22.6 Å². The van der Waals surface area contributed by atoms with Crippen LogP contribution in [0.3, 0.4) is 0 Å². The fourth-order valence-corrected chi connectivity index (χ4v) is 2.92. The second-order valence-electron chi connectivity index (χ2n) is 6.77. The highest BCUT2D eigenvalue weighted by molar-refractivity contribution is 6.05. The Morgan fingerprint density at radius 1 is 0.964 bits per heavy atom. The number of hydrogen-bond donors (Lipinski definition) is 2. The van der Waals surface area contributed by atoms with Gasteiger partial charge in [0.1, 0.15) is 0 Å². The summed E-state index contributed by atoms with van der Waals surface area (Å²) in [6.45, 7) is 7.65. The van der Waals surface area contributed by atoms with E-state index in [4.69, 9.17) is 0 Å². The zero-order chi connectivity index (χ0) is 20.3. The Morgan fingerprint density at radius 2 is 1.68 bits per heavy atom. The normalized spacial score (nSPS) is 10.6. The van der Waals surface area contributed by atoms with Gasteiger partial charge < -0.3 is 10.6 Å². The van der Waals surface area contributed by atoms with E-state index in [1.807, 2.05) is 55.8 Å². The molecule has 2 aromatic carbocycles. The monoisotopic (exact) mass is 376 g/mol. The van der Waals surface area contributed by atoms with Gasteiger partial charge in [0.25, 0.3) is 5.91 Å². The van der Waals surface area contributed by atoms with Crippen LogP contribution in [0.1, 0.15) is 40.7 Å². The Bertz CT molecular complexity index is 1020. The fourth-order valence-electron chi connectivity index (χ4n) is 2.92. The lowest BCUT2D eigenvalue weighted by molar-refractivity contribution is -0.115. The number of aryl methyl sites for hydroxylation is 3. The second-order valence-corrected chi connectivity index (χ2v) is 6.77. The molecule has 1 heterocycles. The molecular weight excluding hydrogens is 352 g/mol. The number of rotatable bonds is 5. The van der Waals surface area contributed by atoms with E-state index in [0.29, 0.717) is 23.4 Å². The van der Waals surface area contributed by atoms with Gasteiger partial charge in [-0.25, -0.2) is 4.68 Å². The molecule has 0 bridgehead atoms. The molecule has 2 N–H and O–H groups in total. The van der Waals surface area contributed by atoms with Crippen LogP contribution in [-0.4, -0.2) is 21.6 Å². The van der Waals surface area contributed by atoms with Gasteiger partial charge in [-0.15, -0.1) is 0 Å². The number of carbonyl (C=O) groups is 2. The summed E-state index contributed by atoms with van der Waals surface area (Å²) in [5.74, 6) is -0.275. The third-order valence-electron chi connectivity index (χ3n) is 4.47. The third kappa shape index (κ3) is 4.28. The number of nitrogens with one attached hydrogen (secondary N) is 2. The number of hydrogen-bond acceptors (Lipinski definition) is 3. The second kappa shape index (κ2) is 8.08. The summed E-state index contributed by atoms with van der Waals surface area (Å²) in [5, 5.41) is 10.2. The van der Waals surface area contributed by atoms with Crippen molar-refractivity contribution in [2.24, 2.45) is 0 Å². The Balaban J connectivity index is 1.77. The van der Waals surface area contributed by atoms with Crippen LogP contribution in [-0.2, 0) is 4.79 Å². The van der Waals surface area contributed by atoms with E-state index >= 15 is 0 Å². The summed E-state index contributed by atoms with van der Waals surface area (Å²) in [4.78, 5) is 24.2. The molecule has 0 fully saturated rings. The highest BCUT2D eigenvalue weighted by Gasteiger charge is 2.10. The summed E-state index contributed by atoms with van der Waals surface area (Å²) in [7, 11) is 0. The van der Waals surface area contributed by atoms with E-state index < -0.39 is 0 Å². The highest BCUT2D eigenvalue weighted by Crippen LogP contribution is 2.22. The first kappa shape index (κ1) is 19.4. The number of nitrogens with zero attached hydrogens (tertiary/aromatic N) is 2. The van der Waals surface area contributed by atoms with E-state index in [-0.39, 0.29) is 11.8 Å². The van der Waals surface area contributed by atoms with Crippen molar-refractivity contribution in [1.29, 1.82) is 0 Å². The number of anilines is 2. The van der Waals surface area contributed by atoms with Gasteiger partial charge in [0.05, 0.1) is 11.4 Å². The van der Waals surface area contributed by atoms with E-state index in [2.05, 4.69) is 15.7 Å². The molecule has 0 radical (unpaired) electrons. The quantitative estimate of drug-likeness (QED) is 0.693. The maximum Gasteiger partial charge on any atom is 0.255 e. The highest BCUT2D eigenvalue weighted by atomic mass is 16.2. The van der Waals surface area contributed by atoms with Crippen LogP contribution in [0.25, 0.3) is 5.69 Å². The van der Waals surface area contributed by atoms with Gasteiger partial charge in [0.15, 0.2) is 0 Å². The molecule has 3 aromatic rings. The van der Waals surface area contributed by atoms with Crippen LogP contribution < -0.4 is 10.6 Å². The predicted octanol–water partition coefficient (Wildman–Crippen LogP) is 4.40. The van der Waals surface area contributed by atoms with E-state index in [9.17, 15) is 9.59 Å². The number of amides is 2. The summed E-state index contributed by atoms with van der Waals surface area (Å²) in [6.07, 6.45) is 0.400. The van der Waals surface area contributed by atoms with Crippen LogP contribution in [0, 0.1) is 20.8 Å². The standard InChI is InChI=1S/C22H24N4O2/c1-5-21(27)23-18-9-6-14(2)20(13-18)24-22(28)17-7-10-19(11-8-17)26-16(4)12-15(3)25-26/h6-13H,5H2,1-4H3,(H,23,27)(H,24,28). The average molecular weight is 376 g/mol. The predicted molar refractivity (Wildman–Crippen MR) is 111 cm³/mol. The van der Waals surface area contributed by atoms with Crippen molar-refractivity contribution in [3.8, 4) is 5.69 Å². The zero-order valence-electron chi connectivity index (χ0n) is 16.5. The number of benzene rings is 2. The Labute approximate surface area is 164 Å². The summed E-state index contributed by atoms with van der Waals surface area (Å²) >= 11 is 0. The van der Waals surface area contributed by atoms with E-state index in [1.165, 1.54) is 0 Å². The van der Waals surface area contributed by atoms with Crippen LogP contribution in [0.4, 0.5) is 11.4 Å². The Hall–Kier alpha value is -3.41. The molecule has 0 atom stereocenters. The van der Waals surface area contributed by atoms with Crippen LogP contribution in [0.15, 0.2) is 48.5 Å². The molecule has 6 nitrogen and oxygen atoms in total. The van der Waals surface area contributed by atoms with Gasteiger partial charge in [0.2, 0.25) is 5.91 Å². The molecule has 6 heteroatoms. The molecule has 0 aliphatic carbocycles. The summed E-state index contributed by atoms with van der Waals surface area (Å²) < 4.78 is 1.85. The average Bonchev–Trinajstić information content (AvgIpc) is 3.02. The number of aromatic nitrogens is 2. The van der Waals surface area contributed by atoms with Gasteiger partial charge in [-0.3, -0.25) is 9.59 Å². The van der Waals surface area contributed by atoms with Crippen LogP contribution in [0.2, 0.25) is 0 Å². The smallest absolute Gasteiger partial charge is 0.255 e. The van der Waals surface area contributed by atoms with Gasteiger partial charge in [-0.2, -0.15) is 5.10 Å². The van der Waals surface area contributed by atoms with Crippen molar-refractivity contribution in [3.05, 3.63) is 71.0 Å². The SMILES string of the molecule is CCC(=O)Nc1ccc(C)c(NC(=O)c2ccc(-n3nc(C)cc3C)cc2)c1. The molecule has 2 amide bonds. The van der Waals surface area contributed by atoms with Crippen molar-refractivity contribution in [3.63, 3.8) is 0 Å². The van der Waals surface area contributed by atoms with Crippen molar-refractivity contribution in [2.75, 3.05) is 10.6 Å². The van der Waals surface area contributed by atoms with Gasteiger partial charge >= 0.3 is 0 Å². The van der Waals surface area contributed by atoms with Crippen molar-refractivity contribution in [1.82, 2.24) is 9.78 Å². The van der Waals surface area contributed by atoms with Crippen molar-refractivity contribution >= 4 is 23.2 Å². The first-order valence-corrected chi connectivity index (χ1v) is 9.23. The van der Waals surface area contributed by atoms with Gasteiger partial charge in [-0.05, 0) is 68.8 Å². The molecule has 0 saturated heterocycles. The molecule has 1 aromatic heterocycles. The molecule has 0 aliphatic rings. The van der Waals surface area contributed by atoms with Crippen LogP contribution in [0.5, 0.6) is 0 Å². The summed E-state index contributed by atoms with van der Waals surface area (Å²) in [6, 6.07) is 14.8. The first-order valence-electron chi connectivity index (χ1n) is 9.23. The maximum absolute atomic E-state index is 12.7. The molecule has 28 heavy (non-hydrogen) atoms. The van der Waals surface area contributed by atoms with Crippen LogP contribution >= 0.6 is 0 Å². The van der Waals surface area contributed by atoms with Crippen molar-refractivity contribution < 1.29 is 9.59 Å². The molecule has 0 unspecified atom stereocenters. The van der Waals surface area contributed by atoms with E-state index in [1.54, 1.807) is 25.1 Å². The molecule has 0 spiro atoms. The first-order chi connectivity index (χ1) is 13.4. The largest absolute Gasteiger partial charge is 0.326 e. The number of carbonyl (C=O) groups excluding carboxylic acids is 2. The topological polar surface area (TPSA) is 76.0 Å². The molecule has 144 valence electrons. The Kier molecular flexibility index (Phi) is 5.59. The minimum Gasteiger partial charge on any atom is -0.326 e. The van der Waals surface area contributed by atoms with Crippen molar-refractivity contribution in [2.45, 2.75) is 34.1 Å². The third-order valence-corrected chi connectivity index (χ3v) is 4.47. The van der Waals surface area contributed by atoms with Gasteiger partial charge in [-0.1, -0.05) is 13.0 Å². The van der Waals surface area contributed by atoms with Gasteiger partial charge in [0, 0.05) is 29.1 Å². The lowest BCUT2D eigenvalue weighted by Crippen LogP contribution is -2.14. The lowest BCUT2D eigenvalue weighted by atomic mass is 10.1. The molecule has 3 rings (SSSR count). The molecule has 0 aliphatic heterocycles. The lowest BCUT2D eigenvalue weighted by Gasteiger charge is -2.12. The fraction of sp³-hybridized carbons (Fsp3) is 0.227. The summed E-state index contributed by atoms with van der Waals surface area (Å²) in [5.41, 5.74) is 5.69. The molecular formula is C22H24N4O2.